The van der Waals surface area contributed by atoms with E-state index in [2.05, 4.69) is 20.3 Å². The van der Waals surface area contributed by atoms with Crippen LogP contribution < -0.4 is 11.1 Å². The molecule has 0 spiro atoms. The van der Waals surface area contributed by atoms with Crippen LogP contribution in [0, 0.1) is 0 Å². The third kappa shape index (κ3) is 8.03. The Hall–Kier alpha value is -1.15. The van der Waals surface area contributed by atoms with Crippen molar-refractivity contribution in [1.82, 2.24) is 15.3 Å². The quantitative estimate of drug-likeness (QED) is 0.339. The van der Waals surface area contributed by atoms with E-state index in [1.165, 1.54) is 0 Å². The van der Waals surface area contributed by atoms with E-state index in [1.54, 1.807) is 35.9 Å². The first kappa shape index (κ1) is 21.2. The van der Waals surface area contributed by atoms with Crippen molar-refractivity contribution >= 4 is 52.7 Å². The molecule has 0 atom stereocenters. The zero-order valence-corrected chi connectivity index (χ0v) is 17.3. The van der Waals surface area contributed by atoms with Crippen molar-refractivity contribution < 1.29 is 0 Å². The molecule has 0 amide bonds. The number of halogens is 2. The summed E-state index contributed by atoms with van der Waals surface area (Å²) in [5.41, 5.74) is 7.67. The first-order valence-electron chi connectivity index (χ1n) is 8.05. The molecule has 2 aromatic heterocycles. The molecule has 0 unspecified atom stereocenters. The Labute approximate surface area is 172 Å². The lowest BCUT2D eigenvalue weighted by Crippen LogP contribution is -2.33. The smallest absolute Gasteiger partial charge is 0.188 e. The van der Waals surface area contributed by atoms with Gasteiger partial charge in [-0.3, -0.25) is 15.0 Å². The monoisotopic (exact) mass is 429 g/mol. The predicted octanol–water partition coefficient (Wildman–Crippen LogP) is 3.85. The van der Waals surface area contributed by atoms with Gasteiger partial charge in [0.05, 0.1) is 28.0 Å². The lowest BCUT2D eigenvalue weighted by molar-refractivity contribution is 0.944. The van der Waals surface area contributed by atoms with Crippen LogP contribution >= 0.6 is 46.7 Å². The van der Waals surface area contributed by atoms with Crippen LogP contribution in [0.1, 0.15) is 11.4 Å². The molecule has 2 rings (SSSR count). The lowest BCUT2D eigenvalue weighted by atomic mass is 10.4. The minimum atomic E-state index is 0.470. The van der Waals surface area contributed by atoms with E-state index in [-0.39, 0.29) is 0 Å². The lowest BCUT2D eigenvalue weighted by Gasteiger charge is -2.06. The van der Waals surface area contributed by atoms with Gasteiger partial charge in [-0.15, -0.1) is 0 Å². The third-order valence-electron chi connectivity index (χ3n) is 3.22. The van der Waals surface area contributed by atoms with Crippen LogP contribution in [0.2, 0.25) is 10.0 Å². The maximum atomic E-state index is 6.07. The number of nitrogens with one attached hydrogen (secondary N) is 1. The van der Waals surface area contributed by atoms with Crippen LogP contribution in [-0.4, -0.2) is 40.5 Å². The third-order valence-corrected chi connectivity index (χ3v) is 5.82. The zero-order valence-electron chi connectivity index (χ0n) is 14.2. The number of thioether (sulfide) groups is 2. The van der Waals surface area contributed by atoms with Crippen molar-refractivity contribution in [1.29, 1.82) is 0 Å². The average Bonchev–Trinajstić information content (AvgIpc) is 2.64. The average molecular weight is 430 g/mol. The number of guanidine groups is 1. The summed E-state index contributed by atoms with van der Waals surface area (Å²) in [6, 6.07) is 7.37. The number of aliphatic imine (C=N–C) groups is 1. The molecule has 0 aromatic carbocycles. The van der Waals surface area contributed by atoms with Crippen molar-refractivity contribution in [3.8, 4) is 0 Å². The summed E-state index contributed by atoms with van der Waals surface area (Å²) >= 11 is 15.6. The SMILES string of the molecule is N/C(=N\CCSCc1ncccc1Cl)NCCSCc1ncccc1Cl. The van der Waals surface area contributed by atoms with Crippen LogP contribution in [0.25, 0.3) is 0 Å². The van der Waals surface area contributed by atoms with E-state index in [1.807, 2.05) is 24.3 Å². The summed E-state index contributed by atoms with van der Waals surface area (Å²) in [5, 5.41) is 4.52. The Balaban J connectivity index is 1.53. The second-order valence-electron chi connectivity index (χ2n) is 5.16. The first-order chi connectivity index (χ1) is 12.7. The molecule has 9 heteroatoms. The van der Waals surface area contributed by atoms with E-state index < -0.39 is 0 Å². The minimum absolute atomic E-state index is 0.470. The molecule has 0 fully saturated rings. The highest BCUT2D eigenvalue weighted by molar-refractivity contribution is 7.98. The Kier molecular flexibility index (Phi) is 9.99. The van der Waals surface area contributed by atoms with E-state index in [4.69, 9.17) is 28.9 Å². The van der Waals surface area contributed by atoms with Gasteiger partial charge in [-0.05, 0) is 24.3 Å². The second kappa shape index (κ2) is 12.3. The van der Waals surface area contributed by atoms with Crippen LogP contribution in [0.5, 0.6) is 0 Å². The molecule has 140 valence electrons. The molecular weight excluding hydrogens is 409 g/mol. The molecule has 2 aromatic rings. The molecule has 0 aliphatic rings. The molecule has 0 radical (unpaired) electrons. The van der Waals surface area contributed by atoms with Crippen molar-refractivity contribution in [2.24, 2.45) is 10.7 Å². The Morgan fingerprint density at radius 3 is 2.15 bits per heavy atom. The highest BCUT2D eigenvalue weighted by atomic mass is 35.5. The number of pyridine rings is 2. The van der Waals surface area contributed by atoms with Crippen LogP contribution in [-0.2, 0) is 11.5 Å². The van der Waals surface area contributed by atoms with Gasteiger partial charge in [0.2, 0.25) is 0 Å². The zero-order chi connectivity index (χ0) is 18.6. The topological polar surface area (TPSA) is 76.2 Å². The standard InChI is InChI=1S/C17H21Cl2N5S2/c18-13-3-1-5-21-15(13)11-25-9-7-23-17(20)24-8-10-26-12-16-14(19)4-2-6-22-16/h1-6H,7-12H2,(H3,20,23,24). The van der Waals surface area contributed by atoms with Gasteiger partial charge >= 0.3 is 0 Å². The fourth-order valence-electron chi connectivity index (χ4n) is 1.92. The molecule has 0 aliphatic heterocycles. The van der Waals surface area contributed by atoms with Crippen LogP contribution in [0.3, 0.4) is 0 Å². The summed E-state index contributed by atoms with van der Waals surface area (Å²) in [5.74, 6) is 3.79. The molecule has 0 saturated carbocycles. The molecule has 2 heterocycles. The van der Waals surface area contributed by atoms with E-state index in [0.29, 0.717) is 22.5 Å². The number of nitrogens with two attached hydrogens (primary N) is 1. The summed E-state index contributed by atoms with van der Waals surface area (Å²) in [4.78, 5) is 12.8. The molecule has 26 heavy (non-hydrogen) atoms. The summed E-state index contributed by atoms with van der Waals surface area (Å²) in [6.45, 7) is 1.41. The molecule has 3 N–H and O–H groups in total. The van der Waals surface area contributed by atoms with Crippen molar-refractivity contribution in [3.05, 3.63) is 58.1 Å². The van der Waals surface area contributed by atoms with E-state index >= 15 is 0 Å². The maximum absolute atomic E-state index is 6.07. The summed E-state index contributed by atoms with van der Waals surface area (Å²) < 4.78 is 0. The van der Waals surface area contributed by atoms with Gasteiger partial charge in [-0.25, -0.2) is 0 Å². The van der Waals surface area contributed by atoms with Gasteiger partial charge in [0.1, 0.15) is 0 Å². The normalized spacial score (nSPS) is 11.5. The fraction of sp³-hybridized carbons (Fsp3) is 0.353. The second-order valence-corrected chi connectivity index (χ2v) is 8.19. The van der Waals surface area contributed by atoms with Gasteiger partial charge < -0.3 is 11.1 Å². The van der Waals surface area contributed by atoms with Crippen molar-refractivity contribution in [3.63, 3.8) is 0 Å². The fourth-order valence-corrected chi connectivity index (χ4v) is 4.06. The van der Waals surface area contributed by atoms with Gasteiger partial charge in [-0.1, -0.05) is 23.2 Å². The van der Waals surface area contributed by atoms with E-state index in [9.17, 15) is 0 Å². The van der Waals surface area contributed by atoms with Crippen LogP contribution in [0.4, 0.5) is 0 Å². The number of rotatable bonds is 10. The first-order valence-corrected chi connectivity index (χ1v) is 11.1. The van der Waals surface area contributed by atoms with Crippen molar-refractivity contribution in [2.45, 2.75) is 11.5 Å². The highest BCUT2D eigenvalue weighted by Gasteiger charge is 2.01. The van der Waals surface area contributed by atoms with Crippen LogP contribution in [0.15, 0.2) is 41.7 Å². The largest absolute Gasteiger partial charge is 0.370 e. The predicted molar refractivity (Wildman–Crippen MR) is 115 cm³/mol. The molecule has 0 aliphatic carbocycles. The molecular formula is C17H21Cl2N5S2. The number of aromatic nitrogens is 2. The van der Waals surface area contributed by atoms with Gasteiger partial charge in [0, 0.05) is 41.9 Å². The maximum Gasteiger partial charge on any atom is 0.188 e. The Morgan fingerprint density at radius 1 is 1.00 bits per heavy atom. The van der Waals surface area contributed by atoms with E-state index in [0.717, 1.165) is 40.9 Å². The van der Waals surface area contributed by atoms with Crippen molar-refractivity contribution in [2.75, 3.05) is 24.6 Å². The molecule has 5 nitrogen and oxygen atoms in total. The molecule has 0 saturated heterocycles. The van der Waals surface area contributed by atoms with Gasteiger partial charge in [0.15, 0.2) is 5.96 Å². The Bertz CT molecular complexity index is 715. The summed E-state index contributed by atoms with van der Waals surface area (Å²) in [6.07, 6.45) is 3.51. The number of nitrogens with zero attached hydrogens (tertiary/aromatic N) is 3. The van der Waals surface area contributed by atoms with Gasteiger partial charge in [0.25, 0.3) is 0 Å². The summed E-state index contributed by atoms with van der Waals surface area (Å²) in [7, 11) is 0. The molecule has 0 bridgehead atoms. The highest BCUT2D eigenvalue weighted by Crippen LogP contribution is 2.18. The van der Waals surface area contributed by atoms with Gasteiger partial charge in [-0.2, -0.15) is 23.5 Å². The minimum Gasteiger partial charge on any atom is -0.370 e. The Morgan fingerprint density at radius 2 is 1.58 bits per heavy atom. The number of hydrogen-bond donors (Lipinski definition) is 2. The number of hydrogen-bond acceptors (Lipinski definition) is 5.